The minimum atomic E-state index is 0.777. The van der Waals surface area contributed by atoms with Gasteiger partial charge in [0.1, 0.15) is 0 Å². The van der Waals surface area contributed by atoms with E-state index in [0.29, 0.717) is 0 Å². The van der Waals surface area contributed by atoms with Gasteiger partial charge < -0.3 is 5.32 Å². The van der Waals surface area contributed by atoms with E-state index in [1.807, 2.05) is 0 Å². The molecule has 2 saturated carbocycles. The average Bonchev–Trinajstić information content (AvgIpc) is 2.96. The first-order chi connectivity index (χ1) is 7.90. The molecule has 16 heavy (non-hydrogen) atoms. The zero-order valence-corrected chi connectivity index (χ0v) is 10.6. The first-order valence-electron chi connectivity index (χ1n) is 7.33. The molecule has 1 aliphatic heterocycles. The maximum atomic E-state index is 3.55. The molecule has 3 fully saturated rings. The molecule has 0 amide bonds. The number of hydrogen-bond donors (Lipinski definition) is 1. The van der Waals surface area contributed by atoms with Gasteiger partial charge in [0, 0.05) is 18.1 Å². The molecule has 1 saturated heterocycles. The minimum Gasteiger partial charge on any atom is -0.315 e. The quantitative estimate of drug-likeness (QED) is 0.772. The predicted molar refractivity (Wildman–Crippen MR) is 67.6 cm³/mol. The first-order valence-corrected chi connectivity index (χ1v) is 7.33. The summed E-state index contributed by atoms with van der Waals surface area (Å²) in [4.78, 5) is 2.90. The van der Waals surface area contributed by atoms with Crippen LogP contribution in [0.4, 0.5) is 0 Å². The molecule has 2 aliphatic carbocycles. The van der Waals surface area contributed by atoms with Crippen molar-refractivity contribution >= 4 is 0 Å². The van der Waals surface area contributed by atoms with E-state index in [4.69, 9.17) is 0 Å². The summed E-state index contributed by atoms with van der Waals surface area (Å²) in [7, 11) is 2.15. The predicted octanol–water partition coefficient (Wildman–Crippen LogP) is 2.39. The third-order valence-corrected chi connectivity index (χ3v) is 5.31. The molecule has 1 N–H and O–H groups in total. The normalized spacial score (nSPS) is 44.8. The van der Waals surface area contributed by atoms with Crippen molar-refractivity contribution in [1.29, 1.82) is 0 Å². The Kier molecular flexibility index (Phi) is 3.21. The van der Waals surface area contributed by atoms with Crippen LogP contribution in [0.1, 0.15) is 51.4 Å². The van der Waals surface area contributed by atoms with Crippen LogP contribution in [0.25, 0.3) is 0 Å². The van der Waals surface area contributed by atoms with Gasteiger partial charge in [0.25, 0.3) is 0 Å². The number of likely N-dealkylation sites (tertiary alicyclic amines) is 1. The lowest BCUT2D eigenvalue weighted by atomic mass is 9.90. The van der Waals surface area contributed by atoms with Gasteiger partial charge >= 0.3 is 0 Å². The van der Waals surface area contributed by atoms with Crippen LogP contribution in [0.5, 0.6) is 0 Å². The Morgan fingerprint density at radius 1 is 0.875 bits per heavy atom. The second-order valence-corrected chi connectivity index (χ2v) is 6.03. The summed E-state index contributed by atoms with van der Waals surface area (Å²) in [5.74, 6) is 1.05. The average molecular weight is 222 g/mol. The van der Waals surface area contributed by atoms with E-state index in [9.17, 15) is 0 Å². The zero-order valence-electron chi connectivity index (χ0n) is 10.6. The topological polar surface area (TPSA) is 15.3 Å². The highest BCUT2D eigenvalue weighted by atomic mass is 15.2. The van der Waals surface area contributed by atoms with Gasteiger partial charge in [-0.15, -0.1) is 0 Å². The fourth-order valence-electron chi connectivity index (χ4n) is 4.58. The van der Waals surface area contributed by atoms with Crippen molar-refractivity contribution in [3.63, 3.8) is 0 Å². The SMILES string of the molecule is CNC1CCCC1N1CCCC2CCCC21. The molecule has 0 aromatic carbocycles. The van der Waals surface area contributed by atoms with Crippen LogP contribution >= 0.6 is 0 Å². The number of nitrogens with one attached hydrogen (secondary N) is 1. The van der Waals surface area contributed by atoms with Crippen molar-refractivity contribution in [2.45, 2.75) is 69.5 Å². The van der Waals surface area contributed by atoms with Crippen LogP contribution in [0, 0.1) is 5.92 Å². The van der Waals surface area contributed by atoms with Crippen molar-refractivity contribution in [2.24, 2.45) is 5.92 Å². The molecule has 0 spiro atoms. The molecule has 0 aromatic rings. The summed E-state index contributed by atoms with van der Waals surface area (Å²) in [5, 5.41) is 3.55. The highest BCUT2D eigenvalue weighted by molar-refractivity contribution is 4.97. The van der Waals surface area contributed by atoms with Crippen molar-refractivity contribution in [3.8, 4) is 0 Å². The molecule has 0 aromatic heterocycles. The molecule has 92 valence electrons. The van der Waals surface area contributed by atoms with Gasteiger partial charge in [-0.3, -0.25) is 4.90 Å². The van der Waals surface area contributed by atoms with Gasteiger partial charge in [-0.05, 0) is 58.0 Å². The van der Waals surface area contributed by atoms with Crippen LogP contribution in [0.2, 0.25) is 0 Å². The molecule has 4 unspecified atom stereocenters. The summed E-state index contributed by atoms with van der Waals surface area (Å²) < 4.78 is 0. The van der Waals surface area contributed by atoms with E-state index in [-0.39, 0.29) is 0 Å². The Bertz CT molecular complexity index is 241. The van der Waals surface area contributed by atoms with Gasteiger partial charge in [0.15, 0.2) is 0 Å². The van der Waals surface area contributed by atoms with Crippen LogP contribution in [-0.4, -0.2) is 36.6 Å². The first kappa shape index (κ1) is 11.0. The molecule has 4 atom stereocenters. The smallest absolute Gasteiger partial charge is 0.0252 e. The van der Waals surface area contributed by atoms with Crippen LogP contribution in [0.3, 0.4) is 0 Å². The Labute approximate surface area is 99.8 Å². The number of rotatable bonds is 2. The molecular weight excluding hydrogens is 196 g/mol. The lowest BCUT2D eigenvalue weighted by Crippen LogP contribution is -2.53. The summed E-state index contributed by atoms with van der Waals surface area (Å²) in [6.07, 6.45) is 11.7. The van der Waals surface area contributed by atoms with Crippen molar-refractivity contribution in [2.75, 3.05) is 13.6 Å². The molecule has 2 heteroatoms. The Morgan fingerprint density at radius 2 is 1.62 bits per heavy atom. The molecule has 3 aliphatic rings. The summed E-state index contributed by atoms with van der Waals surface area (Å²) in [6, 6.07) is 2.59. The van der Waals surface area contributed by atoms with E-state index in [0.717, 1.165) is 24.0 Å². The third kappa shape index (κ3) is 1.80. The van der Waals surface area contributed by atoms with Gasteiger partial charge in [0.05, 0.1) is 0 Å². The summed E-state index contributed by atoms with van der Waals surface area (Å²) in [5.41, 5.74) is 0. The van der Waals surface area contributed by atoms with Crippen LogP contribution < -0.4 is 5.32 Å². The summed E-state index contributed by atoms with van der Waals surface area (Å²) in [6.45, 7) is 1.38. The van der Waals surface area contributed by atoms with Crippen molar-refractivity contribution in [3.05, 3.63) is 0 Å². The molecule has 3 rings (SSSR count). The largest absolute Gasteiger partial charge is 0.315 e. The van der Waals surface area contributed by atoms with Crippen LogP contribution in [0.15, 0.2) is 0 Å². The van der Waals surface area contributed by atoms with Gasteiger partial charge in [-0.25, -0.2) is 0 Å². The van der Waals surface area contributed by atoms with Gasteiger partial charge in [-0.2, -0.15) is 0 Å². The Morgan fingerprint density at radius 3 is 2.50 bits per heavy atom. The number of likely N-dealkylation sites (N-methyl/N-ethyl adjacent to an activating group) is 1. The number of fused-ring (bicyclic) bond motifs is 1. The van der Waals surface area contributed by atoms with Crippen molar-refractivity contribution < 1.29 is 0 Å². The fourth-order valence-corrected chi connectivity index (χ4v) is 4.58. The number of nitrogens with zero attached hydrogens (tertiary/aromatic N) is 1. The molecule has 0 bridgehead atoms. The van der Waals surface area contributed by atoms with E-state index in [1.165, 1.54) is 57.9 Å². The lowest BCUT2D eigenvalue weighted by molar-refractivity contribution is 0.0589. The second-order valence-electron chi connectivity index (χ2n) is 6.03. The number of piperidine rings is 1. The van der Waals surface area contributed by atoms with E-state index >= 15 is 0 Å². The Hall–Kier alpha value is -0.0800. The maximum absolute atomic E-state index is 3.55. The minimum absolute atomic E-state index is 0.777. The van der Waals surface area contributed by atoms with Gasteiger partial charge in [0.2, 0.25) is 0 Å². The van der Waals surface area contributed by atoms with Crippen molar-refractivity contribution in [1.82, 2.24) is 10.2 Å². The third-order valence-electron chi connectivity index (χ3n) is 5.31. The zero-order chi connectivity index (χ0) is 11.0. The van der Waals surface area contributed by atoms with Gasteiger partial charge in [-0.1, -0.05) is 12.8 Å². The number of hydrogen-bond acceptors (Lipinski definition) is 2. The van der Waals surface area contributed by atoms with E-state index < -0.39 is 0 Å². The fraction of sp³-hybridized carbons (Fsp3) is 1.00. The summed E-state index contributed by atoms with van der Waals surface area (Å²) >= 11 is 0. The van der Waals surface area contributed by atoms with E-state index in [1.54, 1.807) is 0 Å². The highest BCUT2D eigenvalue weighted by Gasteiger charge is 2.41. The standard InChI is InChI=1S/C14H26N2/c1-15-12-7-3-9-14(12)16-10-4-6-11-5-2-8-13(11)16/h11-15H,2-10H2,1H3. The lowest BCUT2D eigenvalue weighted by Gasteiger charge is -2.43. The maximum Gasteiger partial charge on any atom is 0.0252 e. The highest BCUT2D eigenvalue weighted by Crippen LogP contribution is 2.40. The molecule has 0 radical (unpaired) electrons. The molecule has 1 heterocycles. The van der Waals surface area contributed by atoms with E-state index in [2.05, 4.69) is 17.3 Å². The second kappa shape index (κ2) is 4.66. The monoisotopic (exact) mass is 222 g/mol. The Balaban J connectivity index is 1.72. The molecule has 2 nitrogen and oxygen atoms in total. The van der Waals surface area contributed by atoms with Crippen LogP contribution in [-0.2, 0) is 0 Å². The molecular formula is C14H26N2.